The molecule has 1 atom stereocenters. The first-order valence-electron chi connectivity index (χ1n) is 7.08. The van der Waals surface area contributed by atoms with Gasteiger partial charge >= 0.3 is 0 Å². The van der Waals surface area contributed by atoms with Crippen molar-refractivity contribution in [3.05, 3.63) is 29.8 Å². The van der Waals surface area contributed by atoms with Crippen molar-refractivity contribution in [1.82, 2.24) is 4.90 Å². The van der Waals surface area contributed by atoms with Crippen LogP contribution in [-0.2, 0) is 4.79 Å². The topological polar surface area (TPSA) is 20.3 Å². The molecule has 2 rings (SSSR count). The number of aryl methyl sites for hydroxylation is 1. The molecule has 1 aromatic carbocycles. The van der Waals surface area contributed by atoms with Crippen LogP contribution in [0.1, 0.15) is 32.3 Å². The number of hydrogen-bond acceptors (Lipinski definition) is 2. The Hall–Kier alpha value is -0.960. The molecule has 19 heavy (non-hydrogen) atoms. The molecule has 1 fully saturated rings. The Morgan fingerprint density at radius 3 is 2.42 bits per heavy atom. The van der Waals surface area contributed by atoms with Gasteiger partial charge in [-0.3, -0.25) is 4.79 Å². The Labute approximate surface area is 120 Å². The number of benzene rings is 1. The summed E-state index contributed by atoms with van der Waals surface area (Å²) in [4.78, 5) is 15.6. The first-order valence-corrected chi connectivity index (χ1v) is 7.96. The third-order valence-corrected chi connectivity index (χ3v) is 4.88. The second-order valence-corrected chi connectivity index (χ2v) is 7.00. The molecule has 1 unspecified atom stereocenters. The maximum atomic E-state index is 12.4. The number of thioether (sulfide) groups is 1. The van der Waals surface area contributed by atoms with Crippen molar-refractivity contribution in [3.63, 3.8) is 0 Å². The molecule has 1 heterocycles. The van der Waals surface area contributed by atoms with E-state index >= 15 is 0 Å². The van der Waals surface area contributed by atoms with Gasteiger partial charge in [0.05, 0.1) is 5.25 Å². The van der Waals surface area contributed by atoms with Gasteiger partial charge in [0.15, 0.2) is 0 Å². The lowest BCUT2D eigenvalue weighted by molar-refractivity contribution is -0.131. The Morgan fingerprint density at radius 1 is 1.26 bits per heavy atom. The summed E-state index contributed by atoms with van der Waals surface area (Å²) in [5.74, 6) is 1.06. The predicted molar refractivity (Wildman–Crippen MR) is 81.5 cm³/mol. The third-order valence-electron chi connectivity index (χ3n) is 3.78. The second-order valence-electron chi connectivity index (χ2n) is 5.58. The normalized spacial score (nSPS) is 18.4. The smallest absolute Gasteiger partial charge is 0.235 e. The summed E-state index contributed by atoms with van der Waals surface area (Å²) in [6, 6.07) is 8.40. The average molecular weight is 277 g/mol. The van der Waals surface area contributed by atoms with E-state index in [1.807, 2.05) is 11.8 Å². The molecule has 104 valence electrons. The summed E-state index contributed by atoms with van der Waals surface area (Å²) in [7, 11) is 0. The zero-order chi connectivity index (χ0) is 13.8. The molecule has 3 heteroatoms. The number of hydrogen-bond donors (Lipinski definition) is 0. The van der Waals surface area contributed by atoms with Gasteiger partial charge in [-0.1, -0.05) is 24.6 Å². The molecule has 0 saturated carbocycles. The van der Waals surface area contributed by atoms with Gasteiger partial charge in [-0.2, -0.15) is 0 Å². The molecule has 0 aromatic heterocycles. The SMILES string of the molecule is Cc1ccc(SC(C)C(=O)N2CCC(C)CC2)cc1. The van der Waals surface area contributed by atoms with Crippen LogP contribution >= 0.6 is 11.8 Å². The molecule has 1 saturated heterocycles. The van der Waals surface area contributed by atoms with Crippen LogP contribution in [0, 0.1) is 12.8 Å². The maximum absolute atomic E-state index is 12.4. The molecule has 2 nitrogen and oxygen atoms in total. The van der Waals surface area contributed by atoms with Crippen molar-refractivity contribution in [2.24, 2.45) is 5.92 Å². The lowest BCUT2D eigenvalue weighted by Gasteiger charge is -2.32. The van der Waals surface area contributed by atoms with E-state index in [2.05, 4.69) is 38.1 Å². The number of amides is 1. The van der Waals surface area contributed by atoms with Crippen molar-refractivity contribution >= 4 is 17.7 Å². The highest BCUT2D eigenvalue weighted by atomic mass is 32.2. The van der Waals surface area contributed by atoms with Crippen LogP contribution in [0.3, 0.4) is 0 Å². The van der Waals surface area contributed by atoms with E-state index in [4.69, 9.17) is 0 Å². The molecule has 1 amide bonds. The molecular formula is C16H23NOS. The first-order chi connectivity index (χ1) is 9.06. The number of piperidine rings is 1. The van der Waals surface area contributed by atoms with Crippen molar-refractivity contribution in [3.8, 4) is 0 Å². The van der Waals surface area contributed by atoms with Crippen molar-refractivity contribution < 1.29 is 4.79 Å². The quantitative estimate of drug-likeness (QED) is 0.785. The van der Waals surface area contributed by atoms with E-state index in [0.29, 0.717) is 0 Å². The third kappa shape index (κ3) is 4.00. The summed E-state index contributed by atoms with van der Waals surface area (Å²) in [6.45, 7) is 8.23. The molecule has 0 spiro atoms. The Kier molecular flexibility index (Phi) is 4.92. The average Bonchev–Trinajstić information content (AvgIpc) is 2.41. The first kappa shape index (κ1) is 14.4. The summed E-state index contributed by atoms with van der Waals surface area (Å²) in [5, 5.41) is 0.0103. The van der Waals surface area contributed by atoms with Crippen LogP contribution in [0.25, 0.3) is 0 Å². The van der Waals surface area contributed by atoms with Gasteiger partial charge in [-0.15, -0.1) is 11.8 Å². The van der Waals surface area contributed by atoms with Crippen molar-refractivity contribution in [2.45, 2.75) is 43.8 Å². The molecule has 1 aliphatic rings. The summed E-state index contributed by atoms with van der Waals surface area (Å²) in [6.07, 6.45) is 2.29. The number of nitrogens with zero attached hydrogens (tertiary/aromatic N) is 1. The van der Waals surface area contributed by atoms with Crippen LogP contribution in [0.5, 0.6) is 0 Å². The molecule has 0 radical (unpaired) electrons. The van der Waals surface area contributed by atoms with Gasteiger partial charge in [0.1, 0.15) is 0 Å². The van der Waals surface area contributed by atoms with Crippen LogP contribution in [0.2, 0.25) is 0 Å². The minimum atomic E-state index is 0.0103. The predicted octanol–water partition coefficient (Wildman–Crippen LogP) is 3.73. The Morgan fingerprint density at radius 2 is 1.84 bits per heavy atom. The molecule has 0 aliphatic carbocycles. The van der Waals surface area contributed by atoms with E-state index in [1.165, 1.54) is 10.5 Å². The van der Waals surface area contributed by atoms with E-state index in [1.54, 1.807) is 11.8 Å². The number of rotatable bonds is 3. The molecule has 0 N–H and O–H groups in total. The molecule has 0 bridgehead atoms. The van der Waals surface area contributed by atoms with Gasteiger partial charge in [-0.25, -0.2) is 0 Å². The fourth-order valence-electron chi connectivity index (χ4n) is 2.36. The van der Waals surface area contributed by atoms with Crippen molar-refractivity contribution in [1.29, 1.82) is 0 Å². The summed E-state index contributed by atoms with van der Waals surface area (Å²) in [5.41, 5.74) is 1.26. The lowest BCUT2D eigenvalue weighted by Crippen LogP contribution is -2.41. The largest absolute Gasteiger partial charge is 0.342 e. The highest BCUT2D eigenvalue weighted by Crippen LogP contribution is 2.26. The minimum absolute atomic E-state index is 0.0103. The van der Waals surface area contributed by atoms with Crippen molar-refractivity contribution in [2.75, 3.05) is 13.1 Å². The van der Waals surface area contributed by atoms with Crippen LogP contribution in [0.15, 0.2) is 29.2 Å². The highest BCUT2D eigenvalue weighted by molar-refractivity contribution is 8.00. The Balaban J connectivity index is 1.90. The molecule has 1 aliphatic heterocycles. The molecular weight excluding hydrogens is 254 g/mol. The number of carbonyl (C=O) groups excluding carboxylic acids is 1. The summed E-state index contributed by atoms with van der Waals surface area (Å²) < 4.78 is 0. The van der Waals surface area contributed by atoms with E-state index in [-0.39, 0.29) is 11.2 Å². The van der Waals surface area contributed by atoms with Gasteiger partial charge in [0.25, 0.3) is 0 Å². The zero-order valence-corrected chi connectivity index (χ0v) is 12.9. The summed E-state index contributed by atoms with van der Waals surface area (Å²) >= 11 is 1.66. The zero-order valence-electron chi connectivity index (χ0n) is 12.1. The molecule has 1 aromatic rings. The van der Waals surface area contributed by atoms with Crippen LogP contribution < -0.4 is 0 Å². The Bertz CT molecular complexity index is 421. The lowest BCUT2D eigenvalue weighted by atomic mass is 9.99. The number of likely N-dealkylation sites (tertiary alicyclic amines) is 1. The number of carbonyl (C=O) groups is 1. The minimum Gasteiger partial charge on any atom is -0.342 e. The monoisotopic (exact) mass is 277 g/mol. The fraction of sp³-hybridized carbons (Fsp3) is 0.562. The fourth-order valence-corrected chi connectivity index (χ4v) is 3.31. The van der Waals surface area contributed by atoms with Gasteiger partial charge in [0.2, 0.25) is 5.91 Å². The van der Waals surface area contributed by atoms with Crippen LogP contribution in [-0.4, -0.2) is 29.1 Å². The van der Waals surface area contributed by atoms with Gasteiger partial charge < -0.3 is 4.90 Å². The highest BCUT2D eigenvalue weighted by Gasteiger charge is 2.24. The standard InChI is InChI=1S/C16H23NOS/c1-12-4-6-15(7-5-12)19-14(3)16(18)17-10-8-13(2)9-11-17/h4-7,13-14H,8-11H2,1-3H3. The van der Waals surface area contributed by atoms with Gasteiger partial charge in [0, 0.05) is 18.0 Å². The van der Waals surface area contributed by atoms with Gasteiger partial charge in [-0.05, 0) is 44.7 Å². The van der Waals surface area contributed by atoms with E-state index in [9.17, 15) is 4.79 Å². The van der Waals surface area contributed by atoms with E-state index < -0.39 is 0 Å². The maximum Gasteiger partial charge on any atom is 0.235 e. The van der Waals surface area contributed by atoms with E-state index in [0.717, 1.165) is 31.8 Å². The second kappa shape index (κ2) is 6.47. The van der Waals surface area contributed by atoms with Crippen LogP contribution in [0.4, 0.5) is 0 Å².